The molecule has 0 radical (unpaired) electrons. The van der Waals surface area contributed by atoms with Gasteiger partial charge >= 0.3 is 5.97 Å². The van der Waals surface area contributed by atoms with Gasteiger partial charge in [0.15, 0.2) is 0 Å². The van der Waals surface area contributed by atoms with Crippen LogP contribution in [0.15, 0.2) is 18.2 Å². The summed E-state index contributed by atoms with van der Waals surface area (Å²) < 4.78 is 17.9. The molecule has 1 aromatic carbocycles. The van der Waals surface area contributed by atoms with Crippen LogP contribution in [0.4, 0.5) is 10.1 Å². The minimum atomic E-state index is -0.864. The highest BCUT2D eigenvalue weighted by Crippen LogP contribution is 2.18. The summed E-state index contributed by atoms with van der Waals surface area (Å²) in [6, 6.07) is 4.03. The molecule has 0 saturated carbocycles. The molecule has 3 N–H and O–H groups in total. The van der Waals surface area contributed by atoms with Gasteiger partial charge in [0.1, 0.15) is 11.6 Å². The van der Waals surface area contributed by atoms with Gasteiger partial charge in [-0.1, -0.05) is 0 Å². The van der Waals surface area contributed by atoms with Crippen molar-refractivity contribution in [2.24, 2.45) is 0 Å². The monoisotopic (exact) mass is 213 g/mol. The van der Waals surface area contributed by atoms with Crippen molar-refractivity contribution in [3.05, 3.63) is 24.0 Å². The van der Waals surface area contributed by atoms with Crippen molar-refractivity contribution in [1.29, 1.82) is 0 Å². The maximum atomic E-state index is 12.7. The first-order chi connectivity index (χ1) is 7.09. The maximum absolute atomic E-state index is 12.7. The van der Waals surface area contributed by atoms with Gasteiger partial charge in [0.2, 0.25) is 0 Å². The van der Waals surface area contributed by atoms with E-state index in [4.69, 9.17) is 15.6 Å². The van der Waals surface area contributed by atoms with Crippen molar-refractivity contribution >= 4 is 11.7 Å². The van der Waals surface area contributed by atoms with Crippen LogP contribution in [0.5, 0.6) is 5.75 Å². The van der Waals surface area contributed by atoms with Crippen molar-refractivity contribution in [2.75, 3.05) is 12.3 Å². The Balaban J connectivity index is 2.38. The molecule has 0 bridgehead atoms. The molecule has 5 heteroatoms. The molecule has 0 aromatic heterocycles. The Morgan fingerprint density at radius 3 is 2.87 bits per heavy atom. The smallest absolute Gasteiger partial charge is 0.303 e. The molecular weight excluding hydrogens is 201 g/mol. The van der Waals surface area contributed by atoms with Crippen LogP contribution in [0.25, 0.3) is 0 Å². The quantitative estimate of drug-likeness (QED) is 0.576. The SMILES string of the molecule is Nc1cc(OCCCC(=O)O)ccc1F. The molecule has 15 heavy (non-hydrogen) atoms. The van der Waals surface area contributed by atoms with Gasteiger partial charge in [0, 0.05) is 12.5 Å². The predicted molar refractivity (Wildman–Crippen MR) is 53.2 cm³/mol. The van der Waals surface area contributed by atoms with Crippen molar-refractivity contribution in [3.8, 4) is 5.75 Å². The van der Waals surface area contributed by atoms with Crippen LogP contribution < -0.4 is 10.5 Å². The summed E-state index contributed by atoms with van der Waals surface area (Å²) in [6.45, 7) is 0.275. The van der Waals surface area contributed by atoms with E-state index in [9.17, 15) is 9.18 Å². The molecule has 1 rings (SSSR count). The lowest BCUT2D eigenvalue weighted by Gasteiger charge is -2.05. The highest BCUT2D eigenvalue weighted by atomic mass is 19.1. The third-order valence-corrected chi connectivity index (χ3v) is 1.77. The van der Waals surface area contributed by atoms with Crippen molar-refractivity contribution in [2.45, 2.75) is 12.8 Å². The number of nitrogen functional groups attached to an aromatic ring is 1. The first-order valence-corrected chi connectivity index (χ1v) is 4.49. The van der Waals surface area contributed by atoms with E-state index in [0.717, 1.165) is 0 Å². The van der Waals surface area contributed by atoms with Crippen LogP contribution in [0.1, 0.15) is 12.8 Å². The van der Waals surface area contributed by atoms with E-state index in [1.54, 1.807) is 0 Å². The van der Waals surface area contributed by atoms with E-state index < -0.39 is 11.8 Å². The molecule has 0 aliphatic heterocycles. The summed E-state index contributed by atoms with van der Waals surface area (Å²) in [5, 5.41) is 8.37. The lowest BCUT2D eigenvalue weighted by atomic mass is 10.3. The van der Waals surface area contributed by atoms with Crippen molar-refractivity contribution < 1.29 is 19.0 Å². The number of hydrogen-bond acceptors (Lipinski definition) is 3. The molecule has 1 aromatic rings. The Morgan fingerprint density at radius 1 is 1.53 bits per heavy atom. The van der Waals surface area contributed by atoms with Gasteiger partial charge < -0.3 is 15.6 Å². The zero-order chi connectivity index (χ0) is 11.3. The van der Waals surface area contributed by atoms with Gasteiger partial charge in [-0.25, -0.2) is 4.39 Å². The van der Waals surface area contributed by atoms with Crippen LogP contribution >= 0.6 is 0 Å². The molecule has 82 valence electrons. The van der Waals surface area contributed by atoms with Crippen LogP contribution in [-0.4, -0.2) is 17.7 Å². The lowest BCUT2D eigenvalue weighted by molar-refractivity contribution is -0.137. The molecule has 0 heterocycles. The Bertz CT molecular complexity index is 355. The Morgan fingerprint density at radius 2 is 2.27 bits per heavy atom. The topological polar surface area (TPSA) is 72.5 Å². The minimum Gasteiger partial charge on any atom is -0.494 e. The Hall–Kier alpha value is -1.78. The fourth-order valence-electron chi connectivity index (χ4n) is 1.03. The summed E-state index contributed by atoms with van der Waals surface area (Å²) in [4.78, 5) is 10.2. The molecule has 0 spiro atoms. The highest BCUT2D eigenvalue weighted by molar-refractivity contribution is 5.66. The molecule has 0 aliphatic rings. The highest BCUT2D eigenvalue weighted by Gasteiger charge is 2.01. The van der Waals surface area contributed by atoms with E-state index >= 15 is 0 Å². The zero-order valence-corrected chi connectivity index (χ0v) is 8.07. The van der Waals surface area contributed by atoms with Gasteiger partial charge in [0.25, 0.3) is 0 Å². The number of carbonyl (C=O) groups is 1. The molecule has 0 amide bonds. The summed E-state index contributed by atoms with van der Waals surface area (Å²) in [5.41, 5.74) is 5.34. The second-order valence-electron chi connectivity index (χ2n) is 3.03. The molecule has 0 aliphatic carbocycles. The van der Waals surface area contributed by atoms with Gasteiger partial charge in [-0.15, -0.1) is 0 Å². The van der Waals surface area contributed by atoms with E-state index in [-0.39, 0.29) is 18.7 Å². The van der Waals surface area contributed by atoms with Crippen LogP contribution in [0.3, 0.4) is 0 Å². The molecule has 4 nitrogen and oxygen atoms in total. The molecule has 0 unspecified atom stereocenters. The number of hydrogen-bond donors (Lipinski definition) is 2. The first kappa shape index (κ1) is 11.3. The number of nitrogens with two attached hydrogens (primary N) is 1. The van der Waals surface area contributed by atoms with Crippen molar-refractivity contribution in [1.82, 2.24) is 0 Å². The zero-order valence-electron chi connectivity index (χ0n) is 8.07. The first-order valence-electron chi connectivity index (χ1n) is 4.49. The molecule has 0 atom stereocenters. The van der Waals surface area contributed by atoms with Gasteiger partial charge in [-0.2, -0.15) is 0 Å². The second kappa shape index (κ2) is 5.19. The second-order valence-corrected chi connectivity index (χ2v) is 3.03. The Kier molecular flexibility index (Phi) is 3.91. The number of carboxylic acid groups (broad SMARTS) is 1. The number of rotatable bonds is 5. The maximum Gasteiger partial charge on any atom is 0.303 e. The minimum absolute atomic E-state index is 0.0192. The lowest BCUT2D eigenvalue weighted by Crippen LogP contribution is -2.02. The van der Waals surface area contributed by atoms with E-state index in [1.807, 2.05) is 0 Å². The largest absolute Gasteiger partial charge is 0.494 e. The molecule has 0 saturated heterocycles. The number of anilines is 1. The van der Waals surface area contributed by atoms with E-state index in [2.05, 4.69) is 0 Å². The van der Waals surface area contributed by atoms with Crippen LogP contribution in [0, 0.1) is 5.82 Å². The number of carboxylic acids is 1. The summed E-state index contributed by atoms with van der Waals surface area (Å²) in [5.74, 6) is -0.913. The fourth-order valence-corrected chi connectivity index (χ4v) is 1.03. The van der Waals surface area contributed by atoms with E-state index in [0.29, 0.717) is 12.2 Å². The average Bonchev–Trinajstić information content (AvgIpc) is 2.18. The van der Waals surface area contributed by atoms with Crippen molar-refractivity contribution in [3.63, 3.8) is 0 Å². The molecular formula is C10H12FNO3. The summed E-state index contributed by atoms with van der Waals surface area (Å²) >= 11 is 0. The van der Waals surface area contributed by atoms with E-state index in [1.165, 1.54) is 18.2 Å². The number of halogens is 1. The average molecular weight is 213 g/mol. The fraction of sp³-hybridized carbons (Fsp3) is 0.300. The summed E-state index contributed by atoms with van der Waals surface area (Å²) in [7, 11) is 0. The molecule has 0 fully saturated rings. The Labute approximate surface area is 86.5 Å². The van der Waals surface area contributed by atoms with Gasteiger partial charge in [0.05, 0.1) is 12.3 Å². The number of ether oxygens (including phenoxy) is 1. The third kappa shape index (κ3) is 3.84. The van der Waals surface area contributed by atoms with Gasteiger partial charge in [-0.05, 0) is 18.6 Å². The number of benzene rings is 1. The van der Waals surface area contributed by atoms with Gasteiger partial charge in [-0.3, -0.25) is 4.79 Å². The number of aliphatic carboxylic acids is 1. The van der Waals surface area contributed by atoms with Crippen LogP contribution in [0.2, 0.25) is 0 Å². The normalized spacial score (nSPS) is 9.93. The standard InChI is InChI=1S/C10H12FNO3/c11-8-4-3-7(6-9(8)12)15-5-1-2-10(13)14/h3-4,6H,1-2,5,12H2,(H,13,14). The third-order valence-electron chi connectivity index (χ3n) is 1.77. The van der Waals surface area contributed by atoms with Crippen LogP contribution in [-0.2, 0) is 4.79 Å². The summed E-state index contributed by atoms with van der Waals surface area (Å²) in [6.07, 6.45) is 0.462. The predicted octanol–water partition coefficient (Wildman–Crippen LogP) is 1.65.